The molecular weight excluding hydrogens is 182 g/mol. The van der Waals surface area contributed by atoms with Crippen molar-refractivity contribution in [3.63, 3.8) is 0 Å². The van der Waals surface area contributed by atoms with Crippen molar-refractivity contribution in [2.75, 3.05) is 19.6 Å². The monoisotopic (exact) mass is 203 g/mol. The third kappa shape index (κ3) is 6.86. The number of aliphatic hydroxyl groups excluding tert-OH is 1. The number of hydrogen-bond donors (Lipinski definition) is 2. The van der Waals surface area contributed by atoms with Gasteiger partial charge >= 0.3 is 5.97 Å². The molecule has 0 aliphatic heterocycles. The number of carbonyl (C=O) groups is 1. The van der Waals surface area contributed by atoms with Gasteiger partial charge in [-0.05, 0) is 19.5 Å². The molecule has 1 atom stereocenters. The molecule has 0 rings (SSSR count). The molecule has 0 amide bonds. The number of carboxylic acids is 1. The molecule has 4 heteroatoms. The minimum absolute atomic E-state index is 0.164. The lowest BCUT2D eigenvalue weighted by atomic mass is 10.2. The number of nitrogens with zero attached hydrogens (tertiary/aromatic N) is 1. The minimum atomic E-state index is -0.941. The van der Waals surface area contributed by atoms with Crippen LogP contribution in [0.25, 0.3) is 0 Å². The summed E-state index contributed by atoms with van der Waals surface area (Å²) in [5.74, 6) is -0.941. The van der Waals surface area contributed by atoms with E-state index in [1.54, 1.807) is 0 Å². The smallest absolute Gasteiger partial charge is 0.306 e. The highest BCUT2D eigenvalue weighted by Crippen LogP contribution is 1.99. The number of hydrogen-bond acceptors (Lipinski definition) is 3. The molecule has 0 saturated carbocycles. The van der Waals surface area contributed by atoms with E-state index in [0.29, 0.717) is 6.54 Å². The molecule has 84 valence electrons. The van der Waals surface area contributed by atoms with E-state index in [1.807, 2.05) is 6.92 Å². The molecule has 0 saturated heterocycles. The number of aliphatic carboxylic acids is 1. The van der Waals surface area contributed by atoms with Crippen LogP contribution in [0.4, 0.5) is 0 Å². The molecule has 2 N–H and O–H groups in total. The summed E-state index contributed by atoms with van der Waals surface area (Å²) in [5.41, 5.74) is 0. The van der Waals surface area contributed by atoms with Crippen LogP contribution < -0.4 is 0 Å². The van der Waals surface area contributed by atoms with E-state index < -0.39 is 12.1 Å². The Balaban J connectivity index is 3.73. The summed E-state index contributed by atoms with van der Waals surface area (Å²) in [6.45, 7) is 6.38. The molecule has 0 fully saturated rings. The van der Waals surface area contributed by atoms with Gasteiger partial charge in [0.2, 0.25) is 0 Å². The lowest BCUT2D eigenvalue weighted by Crippen LogP contribution is -2.34. The van der Waals surface area contributed by atoms with E-state index in [-0.39, 0.29) is 6.42 Å². The van der Waals surface area contributed by atoms with Gasteiger partial charge in [-0.2, -0.15) is 0 Å². The van der Waals surface area contributed by atoms with Gasteiger partial charge in [-0.3, -0.25) is 4.79 Å². The Hall–Kier alpha value is -0.610. The van der Waals surface area contributed by atoms with Gasteiger partial charge in [0.15, 0.2) is 0 Å². The molecule has 0 spiro atoms. The summed E-state index contributed by atoms with van der Waals surface area (Å²) < 4.78 is 0. The zero-order valence-electron chi connectivity index (χ0n) is 9.07. The molecular formula is C10H21NO3. The second kappa shape index (κ2) is 7.76. The Morgan fingerprint density at radius 3 is 2.50 bits per heavy atom. The van der Waals surface area contributed by atoms with Crippen molar-refractivity contribution in [3.05, 3.63) is 0 Å². The molecule has 0 aromatic carbocycles. The van der Waals surface area contributed by atoms with Gasteiger partial charge in [0.1, 0.15) is 0 Å². The first-order chi connectivity index (χ1) is 6.60. The zero-order valence-corrected chi connectivity index (χ0v) is 9.07. The highest BCUT2D eigenvalue weighted by Gasteiger charge is 2.12. The van der Waals surface area contributed by atoms with E-state index in [2.05, 4.69) is 11.8 Å². The molecule has 14 heavy (non-hydrogen) atoms. The molecule has 0 bridgehead atoms. The zero-order chi connectivity index (χ0) is 11.0. The lowest BCUT2D eigenvalue weighted by molar-refractivity contribution is -0.139. The Bertz CT molecular complexity index is 161. The van der Waals surface area contributed by atoms with Crippen LogP contribution in [0.1, 0.15) is 33.1 Å². The summed E-state index contributed by atoms with van der Waals surface area (Å²) in [6.07, 6.45) is 1.30. The van der Waals surface area contributed by atoms with Crippen LogP contribution in [-0.2, 0) is 4.79 Å². The summed E-state index contributed by atoms with van der Waals surface area (Å²) >= 11 is 0. The second-order valence-electron chi connectivity index (χ2n) is 3.50. The summed E-state index contributed by atoms with van der Waals surface area (Å²) in [4.78, 5) is 12.4. The molecule has 0 radical (unpaired) electrons. The summed E-state index contributed by atoms with van der Waals surface area (Å²) in [7, 11) is 0. The van der Waals surface area contributed by atoms with Crippen LogP contribution in [0, 0.1) is 0 Å². The first-order valence-corrected chi connectivity index (χ1v) is 5.22. The van der Waals surface area contributed by atoms with Crippen molar-refractivity contribution in [1.29, 1.82) is 0 Å². The van der Waals surface area contributed by atoms with E-state index in [0.717, 1.165) is 25.9 Å². The predicted molar refractivity (Wildman–Crippen MR) is 55.3 cm³/mol. The van der Waals surface area contributed by atoms with Crippen molar-refractivity contribution >= 4 is 5.97 Å². The molecule has 0 aromatic rings. The Morgan fingerprint density at radius 1 is 1.43 bits per heavy atom. The van der Waals surface area contributed by atoms with Gasteiger partial charge in [0, 0.05) is 6.54 Å². The van der Waals surface area contributed by atoms with Crippen LogP contribution in [0.2, 0.25) is 0 Å². The normalized spacial score (nSPS) is 13.1. The molecule has 0 aromatic heterocycles. The fourth-order valence-corrected chi connectivity index (χ4v) is 1.32. The van der Waals surface area contributed by atoms with Gasteiger partial charge in [-0.25, -0.2) is 0 Å². The van der Waals surface area contributed by atoms with Gasteiger partial charge < -0.3 is 15.1 Å². The van der Waals surface area contributed by atoms with E-state index in [4.69, 9.17) is 5.11 Å². The number of likely N-dealkylation sites (N-methyl/N-ethyl adjacent to an activating group) is 1. The maximum absolute atomic E-state index is 10.3. The van der Waals surface area contributed by atoms with Crippen molar-refractivity contribution in [1.82, 2.24) is 4.90 Å². The van der Waals surface area contributed by atoms with Crippen LogP contribution in [0.3, 0.4) is 0 Å². The standard InChI is InChI=1S/C10H21NO3/c1-3-5-6-11(4-2)8-9(12)7-10(13)14/h9,12H,3-8H2,1-2H3,(H,13,14). The van der Waals surface area contributed by atoms with Gasteiger partial charge in [-0.1, -0.05) is 20.3 Å². The van der Waals surface area contributed by atoms with Crippen LogP contribution in [0.15, 0.2) is 0 Å². The van der Waals surface area contributed by atoms with Crippen molar-refractivity contribution < 1.29 is 15.0 Å². The third-order valence-electron chi connectivity index (χ3n) is 2.15. The molecule has 0 heterocycles. The highest BCUT2D eigenvalue weighted by atomic mass is 16.4. The van der Waals surface area contributed by atoms with Crippen molar-refractivity contribution in [2.24, 2.45) is 0 Å². The fourth-order valence-electron chi connectivity index (χ4n) is 1.32. The first-order valence-electron chi connectivity index (χ1n) is 5.22. The number of rotatable bonds is 8. The SMILES string of the molecule is CCCCN(CC)CC(O)CC(=O)O. The number of unbranched alkanes of at least 4 members (excludes halogenated alkanes) is 1. The van der Waals surface area contributed by atoms with Crippen LogP contribution in [0.5, 0.6) is 0 Å². The molecule has 0 aliphatic carbocycles. The molecule has 0 aliphatic rings. The fraction of sp³-hybridized carbons (Fsp3) is 0.900. The quantitative estimate of drug-likeness (QED) is 0.616. The van der Waals surface area contributed by atoms with Crippen LogP contribution in [-0.4, -0.2) is 46.8 Å². The lowest BCUT2D eigenvalue weighted by Gasteiger charge is -2.22. The second-order valence-corrected chi connectivity index (χ2v) is 3.50. The Labute approximate surface area is 85.5 Å². The Morgan fingerprint density at radius 2 is 2.07 bits per heavy atom. The number of carboxylic acid groups (broad SMARTS) is 1. The van der Waals surface area contributed by atoms with Gasteiger partial charge in [0.25, 0.3) is 0 Å². The predicted octanol–water partition coefficient (Wildman–Crippen LogP) is 0.944. The average Bonchev–Trinajstić information content (AvgIpc) is 2.10. The number of aliphatic hydroxyl groups is 1. The van der Waals surface area contributed by atoms with Crippen molar-refractivity contribution in [3.8, 4) is 0 Å². The van der Waals surface area contributed by atoms with Gasteiger partial charge in [-0.15, -0.1) is 0 Å². The largest absolute Gasteiger partial charge is 0.481 e. The van der Waals surface area contributed by atoms with Gasteiger partial charge in [0.05, 0.1) is 12.5 Å². The van der Waals surface area contributed by atoms with E-state index in [1.165, 1.54) is 0 Å². The average molecular weight is 203 g/mol. The van der Waals surface area contributed by atoms with Crippen LogP contribution >= 0.6 is 0 Å². The molecule has 1 unspecified atom stereocenters. The Kier molecular flexibility index (Phi) is 7.42. The topological polar surface area (TPSA) is 60.8 Å². The first kappa shape index (κ1) is 13.4. The molecule has 4 nitrogen and oxygen atoms in total. The minimum Gasteiger partial charge on any atom is -0.481 e. The van der Waals surface area contributed by atoms with E-state index >= 15 is 0 Å². The summed E-state index contributed by atoms with van der Waals surface area (Å²) in [5, 5.41) is 17.9. The summed E-state index contributed by atoms with van der Waals surface area (Å²) in [6, 6.07) is 0. The maximum atomic E-state index is 10.3. The van der Waals surface area contributed by atoms with E-state index in [9.17, 15) is 9.90 Å². The highest BCUT2D eigenvalue weighted by molar-refractivity contribution is 5.67. The third-order valence-corrected chi connectivity index (χ3v) is 2.15. The van der Waals surface area contributed by atoms with Crippen molar-refractivity contribution in [2.45, 2.75) is 39.2 Å². The maximum Gasteiger partial charge on any atom is 0.306 e.